The molecule has 0 saturated carbocycles. The van der Waals surface area contributed by atoms with Crippen molar-refractivity contribution in [1.29, 1.82) is 0 Å². The molecule has 0 radical (unpaired) electrons. The van der Waals surface area contributed by atoms with Crippen molar-refractivity contribution in [2.75, 3.05) is 36.5 Å². The van der Waals surface area contributed by atoms with Gasteiger partial charge in [-0.1, -0.05) is 18.2 Å². The van der Waals surface area contributed by atoms with Crippen LogP contribution in [0.4, 0.5) is 16.3 Å². The van der Waals surface area contributed by atoms with Gasteiger partial charge >= 0.3 is 6.03 Å². The first-order valence-corrected chi connectivity index (χ1v) is 8.10. The molecule has 6 heteroatoms. The first kappa shape index (κ1) is 16.3. The van der Waals surface area contributed by atoms with E-state index in [1.54, 1.807) is 6.20 Å². The molecule has 126 valence electrons. The van der Waals surface area contributed by atoms with Crippen molar-refractivity contribution in [1.82, 2.24) is 10.3 Å². The molecular formula is C18H22N4O2. The topological polar surface area (TPSA) is 66.5 Å². The third kappa shape index (κ3) is 4.45. The Hall–Kier alpha value is -2.60. The van der Waals surface area contributed by atoms with E-state index in [-0.39, 0.29) is 6.03 Å². The second-order valence-corrected chi connectivity index (χ2v) is 5.80. The molecule has 0 spiro atoms. The lowest BCUT2D eigenvalue weighted by atomic mass is 10.2. The highest BCUT2D eigenvalue weighted by Crippen LogP contribution is 2.13. The summed E-state index contributed by atoms with van der Waals surface area (Å²) in [5.41, 5.74) is 2.86. The Morgan fingerprint density at radius 3 is 2.79 bits per heavy atom. The van der Waals surface area contributed by atoms with Crippen molar-refractivity contribution in [2.45, 2.75) is 13.5 Å². The van der Waals surface area contributed by atoms with Crippen LogP contribution in [0.3, 0.4) is 0 Å². The van der Waals surface area contributed by atoms with Crippen LogP contribution in [-0.2, 0) is 11.3 Å². The predicted molar refractivity (Wildman–Crippen MR) is 94.3 cm³/mol. The molecule has 0 atom stereocenters. The normalized spacial score (nSPS) is 14.3. The lowest BCUT2D eigenvalue weighted by Crippen LogP contribution is -2.36. The zero-order valence-corrected chi connectivity index (χ0v) is 13.8. The summed E-state index contributed by atoms with van der Waals surface area (Å²) in [5, 5.41) is 5.67. The van der Waals surface area contributed by atoms with E-state index in [0.717, 1.165) is 48.9 Å². The molecule has 1 saturated heterocycles. The first-order chi connectivity index (χ1) is 11.7. The maximum atomic E-state index is 11.9. The number of aryl methyl sites for hydroxylation is 1. The Balaban J connectivity index is 1.50. The van der Waals surface area contributed by atoms with Crippen LogP contribution in [0.15, 0.2) is 42.6 Å². The summed E-state index contributed by atoms with van der Waals surface area (Å²) in [4.78, 5) is 18.6. The van der Waals surface area contributed by atoms with Crippen LogP contribution in [0.2, 0.25) is 0 Å². The first-order valence-electron chi connectivity index (χ1n) is 8.10. The molecule has 3 rings (SSSR count). The molecule has 24 heavy (non-hydrogen) atoms. The van der Waals surface area contributed by atoms with Gasteiger partial charge < -0.3 is 20.3 Å². The molecule has 0 unspecified atom stereocenters. The number of hydrogen-bond donors (Lipinski definition) is 2. The number of benzene rings is 1. The monoisotopic (exact) mass is 326 g/mol. The molecule has 2 aromatic rings. The van der Waals surface area contributed by atoms with E-state index < -0.39 is 0 Å². The van der Waals surface area contributed by atoms with Gasteiger partial charge in [0.2, 0.25) is 0 Å². The Labute approximate surface area is 141 Å². The number of carbonyl (C=O) groups is 1. The van der Waals surface area contributed by atoms with Gasteiger partial charge in [-0.2, -0.15) is 0 Å². The summed E-state index contributed by atoms with van der Waals surface area (Å²) in [6.45, 7) is 5.64. The number of anilines is 2. The van der Waals surface area contributed by atoms with Gasteiger partial charge in [0.15, 0.2) is 0 Å². The lowest BCUT2D eigenvalue weighted by molar-refractivity contribution is 0.122. The fraction of sp³-hybridized carbons (Fsp3) is 0.333. The van der Waals surface area contributed by atoms with Crippen LogP contribution in [0, 0.1) is 6.92 Å². The van der Waals surface area contributed by atoms with Gasteiger partial charge in [-0.25, -0.2) is 9.78 Å². The van der Waals surface area contributed by atoms with Crippen LogP contribution in [-0.4, -0.2) is 37.3 Å². The smallest absolute Gasteiger partial charge is 0.319 e. The molecule has 2 N–H and O–H groups in total. The molecule has 6 nitrogen and oxygen atoms in total. The van der Waals surface area contributed by atoms with Gasteiger partial charge in [0, 0.05) is 31.5 Å². The van der Waals surface area contributed by atoms with Crippen molar-refractivity contribution < 1.29 is 9.53 Å². The molecule has 1 aromatic carbocycles. The number of hydrogen-bond acceptors (Lipinski definition) is 4. The van der Waals surface area contributed by atoms with Crippen molar-refractivity contribution in [3.8, 4) is 0 Å². The minimum atomic E-state index is -0.224. The zero-order valence-electron chi connectivity index (χ0n) is 13.8. The minimum Gasteiger partial charge on any atom is -0.378 e. The number of carbonyl (C=O) groups excluding carboxylic acids is 1. The number of urea groups is 1. The van der Waals surface area contributed by atoms with Gasteiger partial charge in [-0.05, 0) is 36.2 Å². The largest absolute Gasteiger partial charge is 0.378 e. The van der Waals surface area contributed by atoms with Gasteiger partial charge in [0.1, 0.15) is 5.82 Å². The van der Waals surface area contributed by atoms with E-state index in [1.165, 1.54) is 0 Å². The summed E-state index contributed by atoms with van der Waals surface area (Å²) in [6, 6.07) is 11.5. The lowest BCUT2D eigenvalue weighted by Gasteiger charge is -2.27. The fourth-order valence-electron chi connectivity index (χ4n) is 2.58. The van der Waals surface area contributed by atoms with Crippen LogP contribution in [0.1, 0.15) is 11.1 Å². The molecule has 1 aliphatic heterocycles. The highest BCUT2D eigenvalue weighted by molar-refractivity contribution is 5.89. The van der Waals surface area contributed by atoms with Crippen molar-refractivity contribution in [3.05, 3.63) is 53.7 Å². The van der Waals surface area contributed by atoms with E-state index >= 15 is 0 Å². The van der Waals surface area contributed by atoms with Crippen molar-refractivity contribution >= 4 is 17.5 Å². The Bertz CT molecular complexity index is 682. The zero-order chi connectivity index (χ0) is 16.8. The summed E-state index contributed by atoms with van der Waals surface area (Å²) in [6.07, 6.45) is 1.80. The van der Waals surface area contributed by atoms with Gasteiger partial charge in [0.25, 0.3) is 0 Å². The number of amides is 2. The number of nitrogens with zero attached hydrogens (tertiary/aromatic N) is 2. The molecular weight excluding hydrogens is 304 g/mol. The number of pyridine rings is 1. The maximum absolute atomic E-state index is 11.9. The quantitative estimate of drug-likeness (QED) is 0.906. The number of rotatable bonds is 4. The summed E-state index contributed by atoms with van der Waals surface area (Å²) < 4.78 is 5.34. The van der Waals surface area contributed by atoms with Crippen LogP contribution < -0.4 is 15.5 Å². The van der Waals surface area contributed by atoms with E-state index in [4.69, 9.17) is 4.74 Å². The number of nitrogens with one attached hydrogen (secondary N) is 2. The average Bonchev–Trinajstić information content (AvgIpc) is 2.61. The molecule has 0 bridgehead atoms. The Morgan fingerprint density at radius 2 is 2.08 bits per heavy atom. The van der Waals surface area contributed by atoms with Crippen LogP contribution >= 0.6 is 0 Å². The van der Waals surface area contributed by atoms with Crippen LogP contribution in [0.25, 0.3) is 0 Å². The van der Waals surface area contributed by atoms with Gasteiger partial charge in [0.05, 0.1) is 13.2 Å². The van der Waals surface area contributed by atoms with Gasteiger partial charge in [-0.3, -0.25) is 0 Å². The van der Waals surface area contributed by atoms with Crippen molar-refractivity contribution in [2.24, 2.45) is 0 Å². The molecule has 1 fully saturated rings. The van der Waals surface area contributed by atoms with Gasteiger partial charge in [-0.15, -0.1) is 0 Å². The summed E-state index contributed by atoms with van der Waals surface area (Å²) in [7, 11) is 0. The van der Waals surface area contributed by atoms with Crippen molar-refractivity contribution in [3.63, 3.8) is 0 Å². The molecule has 1 aromatic heterocycles. The van der Waals surface area contributed by atoms with E-state index in [0.29, 0.717) is 6.54 Å². The third-order valence-corrected chi connectivity index (χ3v) is 3.87. The highest BCUT2D eigenvalue weighted by Gasteiger charge is 2.12. The molecule has 2 heterocycles. The second kappa shape index (κ2) is 7.79. The average molecular weight is 326 g/mol. The molecule has 1 aliphatic rings. The second-order valence-electron chi connectivity index (χ2n) is 5.80. The molecule has 2 amide bonds. The SMILES string of the molecule is Cc1cccc(NC(=O)NCc2ccc(N3CCOCC3)nc2)c1. The fourth-order valence-corrected chi connectivity index (χ4v) is 2.58. The van der Waals surface area contributed by atoms with E-state index in [2.05, 4.69) is 20.5 Å². The third-order valence-electron chi connectivity index (χ3n) is 3.87. The number of aromatic nitrogens is 1. The minimum absolute atomic E-state index is 0.224. The Morgan fingerprint density at radius 1 is 1.25 bits per heavy atom. The van der Waals surface area contributed by atoms with Crippen LogP contribution in [0.5, 0.6) is 0 Å². The van der Waals surface area contributed by atoms with E-state index in [1.807, 2.05) is 43.3 Å². The Kier molecular flexibility index (Phi) is 5.28. The number of morpholine rings is 1. The molecule has 0 aliphatic carbocycles. The predicted octanol–water partition coefficient (Wildman–Crippen LogP) is 2.55. The summed E-state index contributed by atoms with van der Waals surface area (Å²) >= 11 is 0. The number of ether oxygens (including phenoxy) is 1. The maximum Gasteiger partial charge on any atom is 0.319 e. The highest BCUT2D eigenvalue weighted by atomic mass is 16.5. The van der Waals surface area contributed by atoms with E-state index in [9.17, 15) is 4.79 Å². The standard InChI is InChI=1S/C18H22N4O2/c1-14-3-2-4-16(11-14)21-18(23)20-13-15-5-6-17(19-12-15)22-7-9-24-10-8-22/h2-6,11-12H,7-10,13H2,1H3,(H2,20,21,23). The summed E-state index contributed by atoms with van der Waals surface area (Å²) in [5.74, 6) is 0.950.